The van der Waals surface area contributed by atoms with Gasteiger partial charge in [-0.05, 0) is 25.3 Å². The molecule has 3 N–H and O–H groups in total. The molecule has 2 aromatic rings. The minimum absolute atomic E-state index is 0.711. The molecule has 0 aromatic carbocycles. The number of hydrazone groups is 1. The van der Waals surface area contributed by atoms with E-state index < -0.39 is 7.05 Å². The molecule has 0 bridgehead atoms. The number of hydrogen-bond donors (Lipinski definition) is 3. The van der Waals surface area contributed by atoms with Gasteiger partial charge in [0.15, 0.2) is 0 Å². The normalized spacial score (nSPS) is 16.6. The lowest BCUT2D eigenvalue weighted by molar-refractivity contribution is 0.395. The van der Waals surface area contributed by atoms with Crippen LogP contribution in [0.5, 0.6) is 0 Å². The third-order valence-corrected chi connectivity index (χ3v) is 5.43. The van der Waals surface area contributed by atoms with Gasteiger partial charge in [0.05, 0.1) is 6.21 Å². The fraction of sp³-hybridized carbons (Fsp3) is 0.500. The summed E-state index contributed by atoms with van der Waals surface area (Å²) in [5, 5.41) is 15.0. The summed E-state index contributed by atoms with van der Waals surface area (Å²) < 4.78 is 3.44. The van der Waals surface area contributed by atoms with Gasteiger partial charge < -0.3 is 14.9 Å². The Balaban J connectivity index is 0.000000162. The van der Waals surface area contributed by atoms with Crippen LogP contribution in [0.15, 0.2) is 23.6 Å². The summed E-state index contributed by atoms with van der Waals surface area (Å²) in [5.74, 6) is 1.26. The molecule has 0 radical (unpaired) electrons. The second-order valence-electron chi connectivity index (χ2n) is 6.15. The van der Waals surface area contributed by atoms with Gasteiger partial charge in [-0.3, -0.25) is 4.72 Å². The van der Waals surface area contributed by atoms with Crippen LogP contribution >= 0.6 is 11.9 Å². The number of fused-ring (bicyclic) bond motifs is 3. The molecule has 0 amide bonds. The number of nitrogens with zero attached hydrogens (tertiary/aromatic N) is 3. The summed E-state index contributed by atoms with van der Waals surface area (Å²) in [4.78, 5) is 8.77. The molecule has 24 heavy (non-hydrogen) atoms. The molecule has 1 aliphatic heterocycles. The SMILES string of the molecule is CCCSNC1CCC1.CN1N=Cc2c(cnc3[nH]ccc23)B1O. The minimum atomic E-state index is -0.711. The maximum absolute atomic E-state index is 9.89. The van der Waals surface area contributed by atoms with Crippen molar-refractivity contribution in [1.82, 2.24) is 19.6 Å². The Labute approximate surface area is 147 Å². The van der Waals surface area contributed by atoms with E-state index in [4.69, 9.17) is 0 Å². The Kier molecular flexibility index (Phi) is 5.81. The largest absolute Gasteiger partial charge is 0.468 e. The highest BCUT2D eigenvalue weighted by Gasteiger charge is 2.27. The van der Waals surface area contributed by atoms with Crippen molar-refractivity contribution < 1.29 is 5.02 Å². The van der Waals surface area contributed by atoms with Gasteiger partial charge in [0.1, 0.15) is 5.65 Å². The number of H-pyrrole nitrogens is 1. The van der Waals surface area contributed by atoms with E-state index in [9.17, 15) is 5.02 Å². The first-order valence-electron chi connectivity index (χ1n) is 8.49. The van der Waals surface area contributed by atoms with E-state index in [1.165, 1.54) is 36.4 Å². The first-order chi connectivity index (χ1) is 11.7. The Hall–Kier alpha value is -1.51. The van der Waals surface area contributed by atoms with Gasteiger partial charge in [-0.25, -0.2) is 4.98 Å². The molecule has 0 atom stereocenters. The van der Waals surface area contributed by atoms with E-state index in [0.717, 1.165) is 28.1 Å². The summed E-state index contributed by atoms with van der Waals surface area (Å²) in [6.07, 6.45) is 10.8. The van der Waals surface area contributed by atoms with Gasteiger partial charge in [-0.2, -0.15) is 5.10 Å². The number of rotatable bonds is 4. The summed E-state index contributed by atoms with van der Waals surface area (Å²) in [7, 11) is 1.02. The monoisotopic (exact) mass is 345 g/mol. The average molecular weight is 345 g/mol. The van der Waals surface area contributed by atoms with Crippen LogP contribution < -0.4 is 10.2 Å². The first kappa shape index (κ1) is 17.3. The van der Waals surface area contributed by atoms with Crippen molar-refractivity contribution in [3.05, 3.63) is 24.0 Å². The number of nitrogens with one attached hydrogen (secondary N) is 2. The standard InChI is InChI=1S/C9H9BN4O.C7H15NS/c1-14-10(15)8-5-12-9-6(2-3-11-9)7(8)4-13-14;1-2-6-9-8-7-4-3-5-7/h2-5,15H,1H3,(H,11,12);7-8H,2-6H2,1H3. The van der Waals surface area contributed by atoms with E-state index >= 15 is 0 Å². The predicted octanol–water partition coefficient (Wildman–Crippen LogP) is 1.72. The molecule has 0 spiro atoms. The van der Waals surface area contributed by atoms with Crippen LogP contribution in [0, 0.1) is 0 Å². The average Bonchev–Trinajstić information content (AvgIpc) is 3.03. The molecule has 1 fully saturated rings. The quantitative estimate of drug-likeness (QED) is 0.447. The highest BCUT2D eigenvalue weighted by molar-refractivity contribution is 7.97. The molecule has 0 unspecified atom stereocenters. The van der Waals surface area contributed by atoms with Gasteiger partial charge in [0, 0.05) is 47.6 Å². The van der Waals surface area contributed by atoms with E-state index in [-0.39, 0.29) is 0 Å². The van der Waals surface area contributed by atoms with Crippen molar-refractivity contribution >= 4 is 41.7 Å². The van der Waals surface area contributed by atoms with Gasteiger partial charge >= 0.3 is 7.05 Å². The van der Waals surface area contributed by atoms with Gasteiger partial charge in [-0.1, -0.05) is 25.3 Å². The molecule has 1 saturated carbocycles. The zero-order chi connectivity index (χ0) is 16.9. The van der Waals surface area contributed by atoms with E-state index in [0.29, 0.717) is 0 Å². The molecule has 1 aliphatic carbocycles. The molecule has 0 saturated heterocycles. The van der Waals surface area contributed by atoms with Crippen LogP contribution in [0.25, 0.3) is 11.0 Å². The van der Waals surface area contributed by atoms with E-state index in [2.05, 4.69) is 26.7 Å². The second-order valence-corrected chi connectivity index (χ2v) is 7.09. The van der Waals surface area contributed by atoms with Gasteiger partial charge in [-0.15, -0.1) is 0 Å². The van der Waals surface area contributed by atoms with Crippen LogP contribution in [0.1, 0.15) is 38.2 Å². The van der Waals surface area contributed by atoms with Crippen LogP contribution in [0.2, 0.25) is 0 Å². The lowest BCUT2D eigenvalue weighted by atomic mass is 9.70. The third kappa shape index (κ3) is 3.76. The van der Waals surface area contributed by atoms with E-state index in [1.54, 1.807) is 19.5 Å². The molecule has 6 nitrogen and oxygen atoms in total. The molecule has 2 aliphatic rings. The summed E-state index contributed by atoms with van der Waals surface area (Å²) in [6.45, 7) is 2.22. The predicted molar refractivity (Wildman–Crippen MR) is 103 cm³/mol. The third-order valence-electron chi connectivity index (χ3n) is 4.32. The first-order valence-corrected chi connectivity index (χ1v) is 9.47. The summed E-state index contributed by atoms with van der Waals surface area (Å²) in [5.41, 5.74) is 2.54. The lowest BCUT2D eigenvalue weighted by Crippen LogP contribution is -2.48. The highest BCUT2D eigenvalue weighted by Crippen LogP contribution is 2.20. The van der Waals surface area contributed by atoms with Crippen LogP contribution in [0.4, 0.5) is 0 Å². The van der Waals surface area contributed by atoms with Crippen molar-refractivity contribution in [3.8, 4) is 0 Å². The Morgan fingerprint density at radius 3 is 3.04 bits per heavy atom. The topological polar surface area (TPSA) is 76.5 Å². The number of hydrogen-bond acceptors (Lipinski definition) is 6. The number of aromatic amines is 1. The maximum Gasteiger partial charge on any atom is 0.468 e. The van der Waals surface area contributed by atoms with Crippen molar-refractivity contribution in [2.24, 2.45) is 5.10 Å². The highest BCUT2D eigenvalue weighted by atomic mass is 32.2. The maximum atomic E-state index is 9.89. The molecule has 2 aromatic heterocycles. The Bertz CT molecular complexity index is 703. The van der Waals surface area contributed by atoms with Crippen molar-refractivity contribution in [2.45, 2.75) is 38.6 Å². The molecule has 4 rings (SSSR count). The van der Waals surface area contributed by atoms with Crippen LogP contribution in [0.3, 0.4) is 0 Å². The van der Waals surface area contributed by atoms with Gasteiger partial charge in [0.2, 0.25) is 0 Å². The van der Waals surface area contributed by atoms with E-state index in [1.807, 2.05) is 24.2 Å². The van der Waals surface area contributed by atoms with Crippen molar-refractivity contribution in [2.75, 3.05) is 12.8 Å². The Morgan fingerprint density at radius 1 is 1.50 bits per heavy atom. The zero-order valence-electron chi connectivity index (χ0n) is 14.2. The molecule has 3 heterocycles. The fourth-order valence-electron chi connectivity index (χ4n) is 2.61. The summed E-state index contributed by atoms with van der Waals surface area (Å²) >= 11 is 1.89. The number of aromatic nitrogens is 2. The van der Waals surface area contributed by atoms with Crippen LogP contribution in [-0.4, -0.2) is 52.0 Å². The summed E-state index contributed by atoms with van der Waals surface area (Å²) in [6, 6.07) is 2.78. The smallest absolute Gasteiger partial charge is 0.428 e. The minimum Gasteiger partial charge on any atom is -0.428 e. The second kappa shape index (κ2) is 8.05. The fourth-order valence-corrected chi connectivity index (χ4v) is 3.41. The van der Waals surface area contributed by atoms with Crippen molar-refractivity contribution in [1.29, 1.82) is 0 Å². The van der Waals surface area contributed by atoms with Crippen molar-refractivity contribution in [3.63, 3.8) is 0 Å². The molecular formula is C16H24BN5OS. The zero-order valence-corrected chi connectivity index (χ0v) is 15.0. The van der Waals surface area contributed by atoms with Crippen LogP contribution in [-0.2, 0) is 0 Å². The Morgan fingerprint density at radius 2 is 2.33 bits per heavy atom. The molecular weight excluding hydrogens is 321 g/mol. The number of pyridine rings is 1. The lowest BCUT2D eigenvalue weighted by Gasteiger charge is -2.25. The molecule has 8 heteroatoms. The molecule has 128 valence electrons. The van der Waals surface area contributed by atoms with Gasteiger partial charge in [0.25, 0.3) is 0 Å².